The van der Waals surface area contributed by atoms with Crippen LogP contribution in [0.4, 0.5) is 0 Å². The Balaban J connectivity index is 0.000000422. The molecule has 3 heterocycles. The van der Waals surface area contributed by atoms with Gasteiger partial charge in [0.15, 0.2) is 5.78 Å². The number of para-hydroxylation sites is 1. The number of nitrogens with zero attached hydrogens (tertiary/aromatic N) is 3. The minimum Gasteiger partial charge on any atom is -0.540 e. The van der Waals surface area contributed by atoms with E-state index < -0.39 is 0 Å². The van der Waals surface area contributed by atoms with Gasteiger partial charge in [0, 0.05) is 63.0 Å². The van der Waals surface area contributed by atoms with Crippen LogP contribution in [0.15, 0.2) is 84.9 Å². The van der Waals surface area contributed by atoms with Crippen molar-refractivity contribution in [3.8, 4) is 22.7 Å². The Morgan fingerprint density at radius 1 is 1.05 bits per heavy atom. The first-order valence-corrected chi connectivity index (χ1v) is 11.3. The zero-order valence-electron chi connectivity index (χ0n) is 20.6. The number of fused-ring (bicyclic) bond motifs is 3. The number of carbonyl (C=O) groups is 1. The molecule has 2 aromatic carbocycles. The summed E-state index contributed by atoms with van der Waals surface area (Å²) in [5.41, 5.74) is 6.28. The van der Waals surface area contributed by atoms with E-state index in [-0.39, 0.29) is 39.2 Å². The number of aromatic nitrogens is 3. The number of carbonyl (C=O) groups excluding carboxylic acids is 1. The van der Waals surface area contributed by atoms with Gasteiger partial charge in [0.1, 0.15) is 0 Å². The van der Waals surface area contributed by atoms with Crippen molar-refractivity contribution in [3.63, 3.8) is 0 Å². The number of ether oxygens (including phenoxy) is 1. The fourth-order valence-corrected chi connectivity index (χ4v) is 4.05. The van der Waals surface area contributed by atoms with E-state index in [1.807, 2.05) is 42.6 Å². The van der Waals surface area contributed by atoms with E-state index in [9.17, 15) is 9.90 Å². The van der Waals surface area contributed by atoms with Crippen LogP contribution >= 0.6 is 0 Å². The van der Waals surface area contributed by atoms with Gasteiger partial charge in [-0.15, -0.1) is 17.7 Å². The van der Waals surface area contributed by atoms with E-state index in [0.717, 1.165) is 44.4 Å². The molecule has 2 N–H and O–H groups in total. The maximum absolute atomic E-state index is 10.0. The summed E-state index contributed by atoms with van der Waals surface area (Å²) in [6.07, 6.45) is 4.76. The summed E-state index contributed by atoms with van der Waals surface area (Å²) >= 11 is 0. The molecule has 192 valence electrons. The molecule has 0 fully saturated rings. The fourth-order valence-electron chi connectivity index (χ4n) is 4.05. The van der Waals surface area contributed by atoms with Crippen molar-refractivity contribution < 1.29 is 40.8 Å². The second-order valence-electron chi connectivity index (χ2n) is 8.12. The predicted molar refractivity (Wildman–Crippen MR) is 140 cm³/mol. The van der Waals surface area contributed by atoms with E-state index in [4.69, 9.17) is 9.84 Å². The molecule has 7 nitrogen and oxygen atoms in total. The van der Waals surface area contributed by atoms with Crippen molar-refractivity contribution in [1.82, 2.24) is 14.5 Å². The molecule has 0 aliphatic heterocycles. The smallest absolute Gasteiger partial charge is 0.155 e. The Bertz CT molecular complexity index is 1520. The Kier molecular flexibility index (Phi) is 9.34. The molecule has 5 rings (SSSR count). The van der Waals surface area contributed by atoms with Gasteiger partial charge in [0.25, 0.3) is 0 Å². The van der Waals surface area contributed by atoms with Crippen LogP contribution in [-0.4, -0.2) is 37.6 Å². The van der Waals surface area contributed by atoms with E-state index in [0.29, 0.717) is 5.75 Å². The molecule has 8 heteroatoms. The molecule has 0 radical (unpaired) electrons. The van der Waals surface area contributed by atoms with Crippen LogP contribution in [0.5, 0.6) is 5.75 Å². The molecule has 0 atom stereocenters. The molecule has 0 saturated heterocycles. The summed E-state index contributed by atoms with van der Waals surface area (Å²) in [7, 11) is 1.60. The van der Waals surface area contributed by atoms with Gasteiger partial charge in [-0.05, 0) is 43.8 Å². The van der Waals surface area contributed by atoms with Crippen LogP contribution in [0.1, 0.15) is 19.4 Å². The number of rotatable bonds is 5. The molecule has 0 saturated carbocycles. The quantitative estimate of drug-likeness (QED) is 0.144. The number of aliphatic hydroxyl groups excluding tert-OH is 2. The van der Waals surface area contributed by atoms with Gasteiger partial charge in [-0.3, -0.25) is 9.78 Å². The first-order chi connectivity index (χ1) is 17.4. The van der Waals surface area contributed by atoms with Crippen LogP contribution in [-0.2, 0) is 32.5 Å². The minimum absolute atomic E-state index is 0. The summed E-state index contributed by atoms with van der Waals surface area (Å²) in [6.45, 7) is 2.73. The first-order valence-electron chi connectivity index (χ1n) is 11.3. The number of allylic oxidation sites excluding steroid dienone is 2. The van der Waals surface area contributed by atoms with Gasteiger partial charge in [-0.1, -0.05) is 35.9 Å². The predicted octanol–water partition coefficient (Wildman–Crippen LogP) is 5.58. The Morgan fingerprint density at radius 2 is 1.81 bits per heavy atom. The third-order valence-electron chi connectivity index (χ3n) is 5.50. The van der Waals surface area contributed by atoms with Gasteiger partial charge in [0.05, 0.1) is 29.4 Å². The van der Waals surface area contributed by atoms with Crippen molar-refractivity contribution in [3.05, 3.63) is 96.5 Å². The third kappa shape index (κ3) is 6.13. The third-order valence-corrected chi connectivity index (χ3v) is 5.50. The molecule has 0 amide bonds. The second-order valence-corrected chi connectivity index (χ2v) is 8.12. The molecule has 0 aliphatic carbocycles. The molecule has 0 aliphatic rings. The van der Waals surface area contributed by atoms with Gasteiger partial charge in [0.2, 0.25) is 0 Å². The normalized spacial score (nSPS) is 11.0. The Labute approximate surface area is 229 Å². The van der Waals surface area contributed by atoms with Gasteiger partial charge >= 0.3 is 0 Å². The number of ketones is 1. The fraction of sp³-hybridized carbons (Fsp3) is 0.138. The summed E-state index contributed by atoms with van der Waals surface area (Å²) < 4.78 is 7.44. The molecule has 0 spiro atoms. The van der Waals surface area contributed by atoms with E-state index in [2.05, 4.69) is 38.8 Å². The maximum atomic E-state index is 10.0. The summed E-state index contributed by atoms with van der Waals surface area (Å²) in [5, 5.41) is 19.3. The van der Waals surface area contributed by atoms with Crippen molar-refractivity contribution in [2.45, 2.75) is 20.5 Å². The Hall–Kier alpha value is -3.80. The average Bonchev–Trinajstić information content (AvgIpc) is 3.22. The number of hydrogen-bond donors (Lipinski definition) is 2. The van der Waals surface area contributed by atoms with Crippen LogP contribution in [0.25, 0.3) is 38.9 Å². The van der Waals surface area contributed by atoms with E-state index in [1.165, 1.54) is 19.9 Å². The maximum Gasteiger partial charge on any atom is 0.155 e. The van der Waals surface area contributed by atoms with Crippen LogP contribution in [0.3, 0.4) is 0 Å². The number of benzene rings is 2. The molecule has 5 aromatic rings. The van der Waals surface area contributed by atoms with Gasteiger partial charge in [-0.2, -0.15) is 0 Å². The number of pyridine rings is 2. The largest absolute Gasteiger partial charge is 0.540 e. The first kappa shape index (κ1) is 27.8. The molecular weight excluding hydrogens is 649 g/mol. The number of aliphatic hydroxyl groups is 2. The van der Waals surface area contributed by atoms with Crippen LogP contribution in [0.2, 0.25) is 0 Å². The van der Waals surface area contributed by atoms with Crippen molar-refractivity contribution in [2.75, 3.05) is 7.11 Å². The summed E-state index contributed by atoms with van der Waals surface area (Å²) in [6, 6.07) is 23.0. The standard InChI is InChI=1S/C24H18N3O2.C5H8O2.Pt/c1-29-18-8-9-19(16(13-18)15-28)21-14-17(10-12-25-21)27-22-6-3-2-5-20(22)24-23(27)7-4-11-26-24;1-4(6)3-5(2)7;/h2-8,10-14,28H,15H2,1H3;3,6H,1-2H3;/q-1;;/b;4-3-;. The molecular formula is C29H26N3O4Pt-. The monoisotopic (exact) mass is 675 g/mol. The van der Waals surface area contributed by atoms with Crippen LogP contribution in [0, 0.1) is 6.07 Å². The molecule has 3 aromatic heterocycles. The topological polar surface area (TPSA) is 97.5 Å². The number of methoxy groups -OCH3 is 1. The molecule has 0 bridgehead atoms. The second kappa shape index (κ2) is 12.4. The average molecular weight is 676 g/mol. The van der Waals surface area contributed by atoms with Crippen molar-refractivity contribution in [2.24, 2.45) is 0 Å². The zero-order valence-corrected chi connectivity index (χ0v) is 22.9. The van der Waals surface area contributed by atoms with Crippen molar-refractivity contribution >= 4 is 27.7 Å². The number of hydrogen-bond acceptors (Lipinski definition) is 6. The van der Waals surface area contributed by atoms with Crippen LogP contribution < -0.4 is 4.74 Å². The van der Waals surface area contributed by atoms with Crippen molar-refractivity contribution in [1.29, 1.82) is 0 Å². The van der Waals surface area contributed by atoms with E-state index >= 15 is 0 Å². The Morgan fingerprint density at radius 3 is 2.49 bits per heavy atom. The van der Waals surface area contributed by atoms with E-state index in [1.54, 1.807) is 19.4 Å². The molecule has 0 unspecified atom stereocenters. The van der Waals surface area contributed by atoms with Gasteiger partial charge in [-0.25, -0.2) is 0 Å². The van der Waals surface area contributed by atoms with Gasteiger partial charge < -0.3 is 24.5 Å². The molecule has 37 heavy (non-hydrogen) atoms. The SMILES string of the molecule is CC(=O)/C=C(/C)O.COc1c[c-]c(-c2cc(-n3c4ccccc4c4ncccc43)ccn2)c(CO)c1.[Pt]. The summed E-state index contributed by atoms with van der Waals surface area (Å²) in [4.78, 5) is 19.1. The minimum atomic E-state index is -0.125. The summed E-state index contributed by atoms with van der Waals surface area (Å²) in [5.74, 6) is 0.593. The zero-order chi connectivity index (χ0) is 25.7.